The Kier molecular flexibility index (Phi) is 15.6. The number of hydrogen-bond donors (Lipinski definition) is 2. The number of hydrogen-bond acceptors (Lipinski definition) is 7. The minimum atomic E-state index is -1.51. The zero-order valence-electron chi connectivity index (χ0n) is 17.1. The van der Waals surface area contributed by atoms with Crippen molar-refractivity contribution < 1.29 is 24.9 Å². The molecule has 0 rings (SSSR count). The molecule has 0 aromatic carbocycles. The van der Waals surface area contributed by atoms with Gasteiger partial charge in [-0.15, -0.1) is 0 Å². The topological polar surface area (TPSA) is 144 Å². The zero-order valence-corrected chi connectivity index (χ0v) is 17.1. The van der Waals surface area contributed by atoms with Gasteiger partial charge in [-0.1, -0.05) is 44.1 Å². The molecule has 4 unspecified atom stereocenters. The van der Waals surface area contributed by atoms with Crippen molar-refractivity contribution in [2.75, 3.05) is 0 Å². The lowest BCUT2D eigenvalue weighted by Crippen LogP contribution is -2.43. The van der Waals surface area contributed by atoms with E-state index in [1.54, 1.807) is 19.1 Å². The highest BCUT2D eigenvalue weighted by Crippen LogP contribution is 2.16. The molecule has 0 aliphatic carbocycles. The molecule has 0 aliphatic rings. The van der Waals surface area contributed by atoms with E-state index < -0.39 is 40.6 Å². The van der Waals surface area contributed by atoms with E-state index in [1.807, 2.05) is 12.2 Å². The van der Waals surface area contributed by atoms with Crippen molar-refractivity contribution in [2.24, 2.45) is 0 Å². The number of carbonyl (C=O) groups is 1. The Morgan fingerprint density at radius 1 is 0.828 bits per heavy atom. The highest BCUT2D eigenvalue weighted by Gasteiger charge is 2.40. The lowest BCUT2D eigenvalue weighted by atomic mass is 9.96. The second-order valence-corrected chi connectivity index (χ2v) is 7.06. The Morgan fingerprint density at radius 3 is 1.93 bits per heavy atom. The summed E-state index contributed by atoms with van der Waals surface area (Å²) in [6.45, 7) is 1.56. The minimum absolute atomic E-state index is 0.0167. The highest BCUT2D eigenvalue weighted by molar-refractivity contribution is 5.48. The van der Waals surface area contributed by atoms with Crippen LogP contribution < -0.4 is 0 Å². The molecule has 0 saturated heterocycles. The molecule has 0 heterocycles. The molecule has 9 heteroatoms. The van der Waals surface area contributed by atoms with Gasteiger partial charge >= 0.3 is 0 Å². The molecule has 0 spiro atoms. The van der Waals surface area contributed by atoms with E-state index in [0.717, 1.165) is 38.4 Å². The van der Waals surface area contributed by atoms with Gasteiger partial charge in [-0.05, 0) is 38.5 Å². The van der Waals surface area contributed by atoms with Crippen LogP contribution in [-0.4, -0.2) is 50.6 Å². The van der Waals surface area contributed by atoms with Crippen LogP contribution in [-0.2, 0) is 4.79 Å². The normalized spacial score (nSPS) is 16.0. The molecular formula is C20H34N2O7. The smallest absolute Gasteiger partial charge is 0.245 e. The maximum Gasteiger partial charge on any atom is 0.245 e. The lowest BCUT2D eigenvalue weighted by molar-refractivity contribution is -0.573. The zero-order chi connectivity index (χ0) is 22.1. The van der Waals surface area contributed by atoms with E-state index in [1.165, 1.54) is 0 Å². The number of nitrogens with zero attached hydrogens (tertiary/aromatic N) is 2. The van der Waals surface area contributed by atoms with Gasteiger partial charge in [0.05, 0.1) is 6.42 Å². The third-order valence-electron chi connectivity index (χ3n) is 4.76. The number of aldehydes is 1. The summed E-state index contributed by atoms with van der Waals surface area (Å²) in [5, 5.41) is 42.1. The summed E-state index contributed by atoms with van der Waals surface area (Å²) >= 11 is 0. The fraction of sp³-hybridized carbons (Fsp3) is 0.750. The van der Waals surface area contributed by atoms with Crippen LogP contribution in [0.2, 0.25) is 0 Å². The van der Waals surface area contributed by atoms with Crippen LogP contribution >= 0.6 is 0 Å². The summed E-state index contributed by atoms with van der Waals surface area (Å²) in [5.74, 6) is 0. The van der Waals surface area contributed by atoms with E-state index in [9.17, 15) is 35.2 Å². The number of nitro groups is 2. The maximum absolute atomic E-state index is 11.2. The number of aliphatic hydroxyl groups excluding tert-OH is 2. The van der Waals surface area contributed by atoms with Crippen molar-refractivity contribution in [3.8, 4) is 0 Å². The second-order valence-electron chi connectivity index (χ2n) is 7.06. The first-order valence-corrected chi connectivity index (χ1v) is 10.2. The van der Waals surface area contributed by atoms with Crippen LogP contribution in [0.4, 0.5) is 0 Å². The molecule has 0 saturated carbocycles. The summed E-state index contributed by atoms with van der Waals surface area (Å²) in [7, 11) is 0. The standard InChI is InChI=1S/C20H34N2O7/c1-2-19(24)17(21(26)27)16-18(22(28)29)20(25)14-12-10-8-6-4-3-5-7-9-11-13-15-23/h4,6,10,12,15,17-20,24-25H,2-3,5,7-9,11,13-14,16H2,1H3/b6-4-,12-10-. The Bertz CT molecular complexity index is 537. The van der Waals surface area contributed by atoms with Gasteiger partial charge < -0.3 is 15.0 Å². The van der Waals surface area contributed by atoms with Gasteiger partial charge in [0.25, 0.3) is 0 Å². The van der Waals surface area contributed by atoms with Gasteiger partial charge in [0.15, 0.2) is 0 Å². The molecule has 29 heavy (non-hydrogen) atoms. The molecule has 166 valence electrons. The van der Waals surface area contributed by atoms with Crippen molar-refractivity contribution in [3.05, 3.63) is 44.5 Å². The summed E-state index contributed by atoms with van der Waals surface area (Å²) in [6, 6.07) is -2.98. The molecular weight excluding hydrogens is 380 g/mol. The Balaban J connectivity index is 4.30. The Morgan fingerprint density at radius 2 is 1.38 bits per heavy atom. The van der Waals surface area contributed by atoms with E-state index in [-0.39, 0.29) is 12.8 Å². The van der Waals surface area contributed by atoms with Crippen LogP contribution in [0.3, 0.4) is 0 Å². The quantitative estimate of drug-likeness (QED) is 0.115. The fourth-order valence-corrected chi connectivity index (χ4v) is 2.91. The van der Waals surface area contributed by atoms with Gasteiger partial charge in [-0.25, -0.2) is 0 Å². The third-order valence-corrected chi connectivity index (χ3v) is 4.76. The van der Waals surface area contributed by atoms with Crippen molar-refractivity contribution in [3.63, 3.8) is 0 Å². The van der Waals surface area contributed by atoms with E-state index in [4.69, 9.17) is 0 Å². The largest absolute Gasteiger partial charge is 0.386 e. The lowest BCUT2D eigenvalue weighted by Gasteiger charge is -2.19. The maximum atomic E-state index is 11.2. The fourth-order valence-electron chi connectivity index (χ4n) is 2.91. The number of unbranched alkanes of at least 4 members (excludes halogenated alkanes) is 5. The van der Waals surface area contributed by atoms with Crippen LogP contribution in [0.1, 0.15) is 71.1 Å². The third kappa shape index (κ3) is 12.8. The molecule has 4 atom stereocenters. The minimum Gasteiger partial charge on any atom is -0.386 e. The Labute approximate surface area is 171 Å². The monoisotopic (exact) mass is 414 g/mol. The van der Waals surface area contributed by atoms with Crippen molar-refractivity contribution in [2.45, 2.75) is 95.4 Å². The summed E-state index contributed by atoms with van der Waals surface area (Å²) in [6.07, 6.45) is 11.7. The summed E-state index contributed by atoms with van der Waals surface area (Å²) < 4.78 is 0. The van der Waals surface area contributed by atoms with Crippen LogP contribution in [0.15, 0.2) is 24.3 Å². The average molecular weight is 414 g/mol. The van der Waals surface area contributed by atoms with E-state index in [0.29, 0.717) is 12.8 Å². The number of carbonyl (C=O) groups excluding carboxylic acids is 1. The van der Waals surface area contributed by atoms with Crippen LogP contribution in [0.5, 0.6) is 0 Å². The molecule has 0 aromatic heterocycles. The second kappa shape index (κ2) is 16.8. The van der Waals surface area contributed by atoms with Crippen LogP contribution in [0.25, 0.3) is 0 Å². The summed E-state index contributed by atoms with van der Waals surface area (Å²) in [5.41, 5.74) is 0. The summed E-state index contributed by atoms with van der Waals surface area (Å²) in [4.78, 5) is 31.0. The molecule has 0 fully saturated rings. The van der Waals surface area contributed by atoms with Crippen molar-refractivity contribution in [1.82, 2.24) is 0 Å². The first-order valence-electron chi connectivity index (χ1n) is 10.2. The first kappa shape index (κ1) is 26.9. The Hall–Kier alpha value is -2.13. The molecule has 0 radical (unpaired) electrons. The van der Waals surface area contributed by atoms with E-state index >= 15 is 0 Å². The predicted molar refractivity (Wildman–Crippen MR) is 110 cm³/mol. The van der Waals surface area contributed by atoms with Gasteiger partial charge in [-0.2, -0.15) is 0 Å². The van der Waals surface area contributed by atoms with Crippen molar-refractivity contribution >= 4 is 6.29 Å². The predicted octanol–water partition coefficient (Wildman–Crippen LogP) is 3.23. The van der Waals surface area contributed by atoms with Crippen LogP contribution in [0, 0.1) is 20.2 Å². The molecule has 0 aromatic rings. The SMILES string of the molecule is CCC(O)C(CC(C(O)C/C=C\C/C=C\CCCCCCC=O)[N+](=O)[O-])[N+](=O)[O-]. The molecule has 0 amide bonds. The molecule has 0 aliphatic heterocycles. The number of allylic oxidation sites excluding steroid dienone is 3. The van der Waals surface area contributed by atoms with Crippen molar-refractivity contribution in [1.29, 1.82) is 0 Å². The first-order chi connectivity index (χ1) is 13.8. The molecule has 0 bridgehead atoms. The van der Waals surface area contributed by atoms with Gasteiger partial charge in [0.1, 0.15) is 18.5 Å². The average Bonchev–Trinajstić information content (AvgIpc) is 2.68. The van der Waals surface area contributed by atoms with Gasteiger partial charge in [0, 0.05) is 16.3 Å². The molecule has 9 nitrogen and oxygen atoms in total. The number of aliphatic hydroxyl groups is 2. The highest BCUT2D eigenvalue weighted by atomic mass is 16.6. The van der Waals surface area contributed by atoms with Gasteiger partial charge in [-0.3, -0.25) is 20.2 Å². The number of rotatable bonds is 18. The van der Waals surface area contributed by atoms with E-state index in [2.05, 4.69) is 0 Å². The molecule has 2 N–H and O–H groups in total. The van der Waals surface area contributed by atoms with Gasteiger partial charge in [0.2, 0.25) is 12.1 Å².